The van der Waals surface area contributed by atoms with Crippen molar-refractivity contribution in [3.05, 3.63) is 52.7 Å². The Morgan fingerprint density at radius 2 is 1.89 bits per heavy atom. The Morgan fingerprint density at radius 1 is 1.16 bits per heavy atom. The van der Waals surface area contributed by atoms with Gasteiger partial charge in [0.15, 0.2) is 6.04 Å². The number of anilines is 1. The highest BCUT2D eigenvalue weighted by Gasteiger charge is 2.21. The van der Waals surface area contributed by atoms with Crippen LogP contribution in [0.4, 0.5) is 10.5 Å². The zero-order valence-corrected chi connectivity index (χ0v) is 10.7. The van der Waals surface area contributed by atoms with Crippen molar-refractivity contribution in [2.45, 2.75) is 6.04 Å². The van der Waals surface area contributed by atoms with Crippen molar-refractivity contribution < 1.29 is 14.7 Å². The fourth-order valence-electron chi connectivity index (χ4n) is 1.57. The van der Waals surface area contributed by atoms with E-state index in [1.165, 1.54) is 11.3 Å². The van der Waals surface area contributed by atoms with E-state index in [0.29, 0.717) is 11.3 Å². The van der Waals surface area contributed by atoms with Gasteiger partial charge in [0.25, 0.3) is 0 Å². The summed E-state index contributed by atoms with van der Waals surface area (Å²) in [4.78, 5) is 22.9. The number of aliphatic carboxylic acids is 1. The van der Waals surface area contributed by atoms with Gasteiger partial charge >= 0.3 is 12.0 Å². The van der Waals surface area contributed by atoms with Crippen LogP contribution in [0, 0.1) is 0 Å². The molecule has 0 radical (unpaired) electrons. The molecule has 0 aliphatic carbocycles. The van der Waals surface area contributed by atoms with E-state index in [-0.39, 0.29) is 0 Å². The molecule has 0 spiro atoms. The van der Waals surface area contributed by atoms with Gasteiger partial charge in [-0.05, 0) is 17.0 Å². The first-order valence-corrected chi connectivity index (χ1v) is 6.48. The average Bonchev–Trinajstić information content (AvgIpc) is 2.89. The fraction of sp³-hybridized carbons (Fsp3) is 0.0769. The molecule has 2 amide bonds. The highest BCUT2D eigenvalue weighted by atomic mass is 32.1. The molecule has 2 rings (SSSR count). The predicted octanol–water partition coefficient (Wildman–Crippen LogP) is 2.70. The molecule has 0 aliphatic heterocycles. The van der Waals surface area contributed by atoms with Crippen LogP contribution in [0.5, 0.6) is 0 Å². The maximum Gasteiger partial charge on any atom is 0.330 e. The van der Waals surface area contributed by atoms with Crippen LogP contribution in [0.2, 0.25) is 0 Å². The summed E-state index contributed by atoms with van der Waals surface area (Å²) in [6.45, 7) is 0. The highest BCUT2D eigenvalue weighted by molar-refractivity contribution is 7.08. The Kier molecular flexibility index (Phi) is 4.15. The second-order valence-electron chi connectivity index (χ2n) is 3.79. The number of carbonyl (C=O) groups excluding carboxylic acids is 1. The van der Waals surface area contributed by atoms with E-state index >= 15 is 0 Å². The third-order valence-corrected chi connectivity index (χ3v) is 3.12. The predicted molar refractivity (Wildman–Crippen MR) is 73.3 cm³/mol. The summed E-state index contributed by atoms with van der Waals surface area (Å²) in [6.07, 6.45) is 0. The van der Waals surface area contributed by atoms with Gasteiger partial charge in [-0.15, -0.1) is 0 Å². The largest absolute Gasteiger partial charge is 0.479 e. The van der Waals surface area contributed by atoms with Gasteiger partial charge in [-0.25, -0.2) is 9.59 Å². The third-order valence-electron chi connectivity index (χ3n) is 2.43. The number of thiophene rings is 1. The molecule has 0 fully saturated rings. The topological polar surface area (TPSA) is 78.4 Å². The maximum absolute atomic E-state index is 11.7. The molecule has 0 saturated heterocycles. The van der Waals surface area contributed by atoms with Crippen LogP contribution in [0.1, 0.15) is 11.6 Å². The monoisotopic (exact) mass is 276 g/mol. The lowest BCUT2D eigenvalue weighted by Gasteiger charge is -2.15. The summed E-state index contributed by atoms with van der Waals surface area (Å²) in [5.74, 6) is -1.10. The van der Waals surface area contributed by atoms with E-state index in [1.54, 1.807) is 41.8 Å². The highest BCUT2D eigenvalue weighted by Crippen LogP contribution is 2.14. The Morgan fingerprint density at radius 3 is 2.47 bits per heavy atom. The molecule has 0 bridgehead atoms. The number of carboxylic acids is 1. The SMILES string of the molecule is O=C(Nc1ccsc1)N[C@@H](C(=O)O)c1ccccc1. The first-order valence-electron chi connectivity index (χ1n) is 5.54. The maximum atomic E-state index is 11.7. The molecule has 1 aromatic carbocycles. The van der Waals surface area contributed by atoms with Crippen molar-refractivity contribution >= 4 is 29.0 Å². The molecule has 1 aromatic heterocycles. The van der Waals surface area contributed by atoms with Crippen molar-refractivity contribution in [1.29, 1.82) is 0 Å². The summed E-state index contributed by atoms with van der Waals surface area (Å²) < 4.78 is 0. The molecule has 1 heterocycles. The van der Waals surface area contributed by atoms with E-state index in [0.717, 1.165) is 0 Å². The van der Waals surface area contributed by atoms with Gasteiger partial charge in [0.1, 0.15) is 0 Å². The fourth-order valence-corrected chi connectivity index (χ4v) is 2.15. The van der Waals surface area contributed by atoms with Crippen molar-refractivity contribution in [2.24, 2.45) is 0 Å². The molecule has 5 nitrogen and oxygen atoms in total. The molecule has 19 heavy (non-hydrogen) atoms. The molecule has 3 N–H and O–H groups in total. The van der Waals surface area contributed by atoms with Crippen LogP contribution < -0.4 is 10.6 Å². The van der Waals surface area contributed by atoms with Crippen molar-refractivity contribution in [3.63, 3.8) is 0 Å². The van der Waals surface area contributed by atoms with Crippen LogP contribution in [-0.2, 0) is 4.79 Å². The van der Waals surface area contributed by atoms with Gasteiger partial charge in [-0.3, -0.25) is 0 Å². The molecule has 98 valence electrons. The summed E-state index contributed by atoms with van der Waals surface area (Å²) in [5.41, 5.74) is 1.16. The standard InChI is InChI=1S/C13H12N2O3S/c16-12(17)11(9-4-2-1-3-5-9)15-13(18)14-10-6-7-19-8-10/h1-8,11H,(H,16,17)(H2,14,15,18)/t11-/m1/s1. The quantitative estimate of drug-likeness (QED) is 0.803. The number of urea groups is 1. The number of hydrogen-bond acceptors (Lipinski definition) is 3. The minimum Gasteiger partial charge on any atom is -0.479 e. The first-order chi connectivity index (χ1) is 9.16. The number of rotatable bonds is 4. The lowest BCUT2D eigenvalue weighted by molar-refractivity contribution is -0.139. The minimum absolute atomic E-state index is 0.524. The molecule has 1 atom stereocenters. The lowest BCUT2D eigenvalue weighted by atomic mass is 10.1. The zero-order valence-electron chi connectivity index (χ0n) is 9.87. The van der Waals surface area contributed by atoms with Gasteiger partial charge in [-0.1, -0.05) is 30.3 Å². The molecule has 0 unspecified atom stereocenters. The molecule has 6 heteroatoms. The Hall–Kier alpha value is -2.34. The normalized spacial score (nSPS) is 11.6. The first kappa shape index (κ1) is 13.1. The lowest BCUT2D eigenvalue weighted by Crippen LogP contribution is -2.36. The van der Waals surface area contributed by atoms with Crippen LogP contribution >= 0.6 is 11.3 Å². The second kappa shape index (κ2) is 6.01. The minimum atomic E-state index is -1.10. The molecular formula is C13H12N2O3S. The van der Waals surface area contributed by atoms with E-state index in [9.17, 15) is 9.59 Å². The second-order valence-corrected chi connectivity index (χ2v) is 4.57. The summed E-state index contributed by atoms with van der Waals surface area (Å²) >= 11 is 1.44. The zero-order chi connectivity index (χ0) is 13.7. The van der Waals surface area contributed by atoms with Gasteiger partial charge in [0.2, 0.25) is 0 Å². The Balaban J connectivity index is 2.05. The molecule has 2 aromatic rings. The Labute approximate surface area is 113 Å². The summed E-state index contributed by atoms with van der Waals surface area (Å²) in [7, 11) is 0. The van der Waals surface area contributed by atoms with Crippen molar-refractivity contribution in [2.75, 3.05) is 5.32 Å². The number of benzene rings is 1. The van der Waals surface area contributed by atoms with E-state index in [1.807, 2.05) is 5.38 Å². The number of carboxylic acid groups (broad SMARTS) is 1. The van der Waals surface area contributed by atoms with Crippen LogP contribution in [0.3, 0.4) is 0 Å². The number of hydrogen-bond donors (Lipinski definition) is 3. The van der Waals surface area contributed by atoms with Crippen molar-refractivity contribution in [3.8, 4) is 0 Å². The van der Waals surface area contributed by atoms with Crippen LogP contribution in [0.15, 0.2) is 47.2 Å². The molecule has 0 saturated carbocycles. The number of nitrogens with one attached hydrogen (secondary N) is 2. The Bertz CT molecular complexity index is 555. The molecule has 0 aliphatic rings. The smallest absolute Gasteiger partial charge is 0.330 e. The van der Waals surface area contributed by atoms with Crippen molar-refractivity contribution in [1.82, 2.24) is 5.32 Å². The van der Waals surface area contributed by atoms with Gasteiger partial charge in [0, 0.05) is 5.38 Å². The van der Waals surface area contributed by atoms with E-state index in [2.05, 4.69) is 10.6 Å². The average molecular weight is 276 g/mol. The van der Waals surface area contributed by atoms with E-state index in [4.69, 9.17) is 5.11 Å². The van der Waals surface area contributed by atoms with E-state index < -0.39 is 18.0 Å². The van der Waals surface area contributed by atoms with Gasteiger partial charge < -0.3 is 15.7 Å². The van der Waals surface area contributed by atoms with Crippen LogP contribution in [-0.4, -0.2) is 17.1 Å². The molecular weight excluding hydrogens is 264 g/mol. The number of amides is 2. The van der Waals surface area contributed by atoms with Crippen LogP contribution in [0.25, 0.3) is 0 Å². The summed E-state index contributed by atoms with van der Waals surface area (Å²) in [5, 5.41) is 17.7. The van der Waals surface area contributed by atoms with Gasteiger partial charge in [0.05, 0.1) is 5.69 Å². The number of carbonyl (C=O) groups is 2. The van der Waals surface area contributed by atoms with Gasteiger partial charge in [-0.2, -0.15) is 11.3 Å². The third kappa shape index (κ3) is 3.56. The summed E-state index contributed by atoms with van der Waals surface area (Å²) in [6, 6.07) is 8.67.